The van der Waals surface area contributed by atoms with Crippen molar-refractivity contribution in [3.05, 3.63) is 35.1 Å². The first-order chi connectivity index (χ1) is 9.17. The molecule has 4 heteroatoms. The molecule has 2 atom stereocenters. The minimum Gasteiger partial charge on any atom is -0.378 e. The number of nitrogens with two attached hydrogens (primary N) is 1. The van der Waals surface area contributed by atoms with Crippen LogP contribution in [0.25, 0.3) is 0 Å². The summed E-state index contributed by atoms with van der Waals surface area (Å²) in [6, 6.07) is 5.39. The van der Waals surface area contributed by atoms with Crippen molar-refractivity contribution in [3.8, 4) is 0 Å². The van der Waals surface area contributed by atoms with E-state index in [0.717, 1.165) is 37.3 Å². The molecule has 0 amide bonds. The predicted octanol–water partition coefficient (Wildman–Crippen LogP) is 2.24. The highest BCUT2D eigenvalue weighted by Crippen LogP contribution is 2.28. The van der Waals surface area contributed by atoms with E-state index in [1.165, 1.54) is 6.07 Å². The Morgan fingerprint density at radius 1 is 1.53 bits per heavy atom. The molecular weight excluding hydrogens is 243 g/mol. The summed E-state index contributed by atoms with van der Waals surface area (Å²) in [5, 5.41) is 0. The molecule has 0 saturated carbocycles. The van der Waals surface area contributed by atoms with Crippen molar-refractivity contribution >= 4 is 0 Å². The Labute approximate surface area is 114 Å². The van der Waals surface area contributed by atoms with Gasteiger partial charge in [-0.05, 0) is 36.6 Å². The quantitative estimate of drug-likeness (QED) is 0.908. The second-order valence-corrected chi connectivity index (χ2v) is 5.13. The van der Waals surface area contributed by atoms with Crippen LogP contribution in [-0.2, 0) is 4.74 Å². The molecule has 2 unspecified atom stereocenters. The predicted molar refractivity (Wildman–Crippen MR) is 74.5 cm³/mol. The Balaban J connectivity index is 2.29. The largest absolute Gasteiger partial charge is 0.378 e. The topological polar surface area (TPSA) is 38.5 Å². The summed E-state index contributed by atoms with van der Waals surface area (Å²) in [6.45, 7) is 6.98. The van der Waals surface area contributed by atoms with E-state index in [4.69, 9.17) is 10.5 Å². The zero-order chi connectivity index (χ0) is 13.8. The first kappa shape index (κ1) is 14.4. The molecule has 2 rings (SSSR count). The summed E-state index contributed by atoms with van der Waals surface area (Å²) in [7, 11) is 0. The number of aryl methyl sites for hydroxylation is 1. The first-order valence-electron chi connectivity index (χ1n) is 6.97. The van der Waals surface area contributed by atoms with Gasteiger partial charge in [0.15, 0.2) is 0 Å². The number of morpholine rings is 1. The average molecular weight is 266 g/mol. The van der Waals surface area contributed by atoms with Crippen molar-refractivity contribution in [2.45, 2.75) is 32.4 Å². The lowest BCUT2D eigenvalue weighted by Gasteiger charge is -2.41. The Hall–Kier alpha value is -0.970. The molecule has 1 heterocycles. The SMILES string of the molecule is CCC1COCCN1C(CN)c1cc(F)ccc1C. The maximum absolute atomic E-state index is 13.5. The smallest absolute Gasteiger partial charge is 0.123 e. The van der Waals surface area contributed by atoms with Crippen LogP contribution in [0.2, 0.25) is 0 Å². The van der Waals surface area contributed by atoms with Gasteiger partial charge in [-0.2, -0.15) is 0 Å². The van der Waals surface area contributed by atoms with Crippen LogP contribution in [-0.4, -0.2) is 37.2 Å². The Morgan fingerprint density at radius 2 is 2.32 bits per heavy atom. The van der Waals surface area contributed by atoms with E-state index in [1.807, 2.05) is 13.0 Å². The van der Waals surface area contributed by atoms with E-state index in [2.05, 4.69) is 11.8 Å². The maximum atomic E-state index is 13.5. The molecule has 0 aromatic heterocycles. The van der Waals surface area contributed by atoms with E-state index < -0.39 is 0 Å². The zero-order valence-electron chi connectivity index (χ0n) is 11.7. The minimum atomic E-state index is -0.194. The molecule has 1 aliphatic heterocycles. The number of rotatable bonds is 4. The Bertz CT molecular complexity index is 425. The van der Waals surface area contributed by atoms with Gasteiger partial charge < -0.3 is 10.5 Å². The van der Waals surface area contributed by atoms with Gasteiger partial charge >= 0.3 is 0 Å². The summed E-state index contributed by atoms with van der Waals surface area (Å²) in [4.78, 5) is 2.37. The second-order valence-electron chi connectivity index (χ2n) is 5.13. The summed E-state index contributed by atoms with van der Waals surface area (Å²) in [5.41, 5.74) is 8.06. The third kappa shape index (κ3) is 3.14. The van der Waals surface area contributed by atoms with E-state index in [0.29, 0.717) is 12.6 Å². The van der Waals surface area contributed by atoms with Crippen LogP contribution in [0.3, 0.4) is 0 Å². The van der Waals surface area contributed by atoms with Crippen LogP contribution in [0, 0.1) is 12.7 Å². The molecule has 2 N–H and O–H groups in total. The van der Waals surface area contributed by atoms with Gasteiger partial charge in [0.1, 0.15) is 5.82 Å². The Morgan fingerprint density at radius 3 is 3.00 bits per heavy atom. The van der Waals surface area contributed by atoms with Crippen LogP contribution < -0.4 is 5.73 Å². The molecule has 0 aliphatic carbocycles. The van der Waals surface area contributed by atoms with Crippen molar-refractivity contribution < 1.29 is 9.13 Å². The number of nitrogens with zero attached hydrogens (tertiary/aromatic N) is 1. The fraction of sp³-hybridized carbons (Fsp3) is 0.600. The molecule has 3 nitrogen and oxygen atoms in total. The highest BCUT2D eigenvalue weighted by atomic mass is 19.1. The lowest BCUT2D eigenvalue weighted by Crippen LogP contribution is -2.49. The molecule has 0 spiro atoms. The van der Waals surface area contributed by atoms with Gasteiger partial charge in [0.05, 0.1) is 13.2 Å². The van der Waals surface area contributed by atoms with Crippen molar-refractivity contribution in [2.75, 3.05) is 26.3 Å². The second kappa shape index (κ2) is 6.46. The summed E-state index contributed by atoms with van der Waals surface area (Å²) in [6.07, 6.45) is 1.02. The number of hydrogen-bond donors (Lipinski definition) is 1. The van der Waals surface area contributed by atoms with Crippen LogP contribution in [0.4, 0.5) is 4.39 Å². The maximum Gasteiger partial charge on any atom is 0.123 e. The number of hydrogen-bond acceptors (Lipinski definition) is 3. The summed E-state index contributed by atoms with van der Waals surface area (Å²) < 4.78 is 19.0. The van der Waals surface area contributed by atoms with Crippen molar-refractivity contribution in [3.63, 3.8) is 0 Å². The molecule has 1 aliphatic rings. The van der Waals surface area contributed by atoms with Crippen LogP contribution in [0.15, 0.2) is 18.2 Å². The molecule has 0 bridgehead atoms. The van der Waals surface area contributed by atoms with E-state index in [9.17, 15) is 4.39 Å². The normalized spacial score (nSPS) is 22.4. The lowest BCUT2D eigenvalue weighted by atomic mass is 9.97. The standard InChI is InChI=1S/C15H23FN2O/c1-3-13-10-19-7-6-18(13)15(9-17)14-8-12(16)5-4-11(14)2/h4-5,8,13,15H,3,6-7,9-10,17H2,1-2H3. The number of ether oxygens (including phenoxy) is 1. The monoisotopic (exact) mass is 266 g/mol. The fourth-order valence-corrected chi connectivity index (χ4v) is 2.84. The molecule has 1 aromatic carbocycles. The number of halogens is 1. The zero-order valence-corrected chi connectivity index (χ0v) is 11.7. The fourth-order valence-electron chi connectivity index (χ4n) is 2.84. The summed E-state index contributed by atoms with van der Waals surface area (Å²) >= 11 is 0. The minimum absolute atomic E-state index is 0.0737. The summed E-state index contributed by atoms with van der Waals surface area (Å²) in [5.74, 6) is -0.194. The van der Waals surface area contributed by atoms with E-state index in [1.54, 1.807) is 6.07 Å². The molecule has 1 aromatic rings. The van der Waals surface area contributed by atoms with Gasteiger partial charge in [0.25, 0.3) is 0 Å². The van der Waals surface area contributed by atoms with Crippen LogP contribution in [0.1, 0.15) is 30.5 Å². The van der Waals surface area contributed by atoms with Crippen molar-refractivity contribution in [1.82, 2.24) is 4.90 Å². The third-order valence-corrected chi connectivity index (χ3v) is 3.97. The van der Waals surface area contributed by atoms with Gasteiger partial charge in [-0.25, -0.2) is 4.39 Å². The van der Waals surface area contributed by atoms with Gasteiger partial charge in [-0.15, -0.1) is 0 Å². The number of benzene rings is 1. The molecule has 1 fully saturated rings. The molecule has 0 radical (unpaired) electrons. The third-order valence-electron chi connectivity index (χ3n) is 3.97. The van der Waals surface area contributed by atoms with Crippen molar-refractivity contribution in [2.24, 2.45) is 5.73 Å². The van der Waals surface area contributed by atoms with Gasteiger partial charge in [0, 0.05) is 25.2 Å². The molecule has 106 valence electrons. The van der Waals surface area contributed by atoms with Crippen molar-refractivity contribution in [1.29, 1.82) is 0 Å². The van der Waals surface area contributed by atoms with E-state index >= 15 is 0 Å². The average Bonchev–Trinajstić information content (AvgIpc) is 2.44. The van der Waals surface area contributed by atoms with Gasteiger partial charge in [0.2, 0.25) is 0 Å². The molecular formula is C15H23FN2O. The Kier molecular flexibility index (Phi) is 4.91. The van der Waals surface area contributed by atoms with Crippen LogP contribution in [0.5, 0.6) is 0 Å². The molecule has 1 saturated heterocycles. The van der Waals surface area contributed by atoms with Crippen LogP contribution >= 0.6 is 0 Å². The van der Waals surface area contributed by atoms with Gasteiger partial charge in [-0.1, -0.05) is 13.0 Å². The van der Waals surface area contributed by atoms with Gasteiger partial charge in [-0.3, -0.25) is 4.90 Å². The first-order valence-corrected chi connectivity index (χ1v) is 6.97. The highest BCUT2D eigenvalue weighted by molar-refractivity contribution is 5.30. The lowest BCUT2D eigenvalue weighted by molar-refractivity contribution is -0.0292. The highest BCUT2D eigenvalue weighted by Gasteiger charge is 2.29. The van der Waals surface area contributed by atoms with E-state index in [-0.39, 0.29) is 11.9 Å². The molecule has 19 heavy (non-hydrogen) atoms.